The molecular weight excluding hydrogens is 337 g/mol. The average molecular weight is 348 g/mol. The Kier molecular flexibility index (Phi) is 4.21. The van der Waals surface area contributed by atoms with Crippen LogP contribution in [0.15, 0.2) is 53.5 Å². The molecule has 0 saturated heterocycles. The third-order valence-corrected chi connectivity index (χ3v) is 3.35. The van der Waals surface area contributed by atoms with E-state index in [9.17, 15) is 18.3 Å². The van der Waals surface area contributed by atoms with E-state index in [1.807, 2.05) is 0 Å². The molecule has 1 aromatic heterocycles. The summed E-state index contributed by atoms with van der Waals surface area (Å²) in [4.78, 5) is 7.79. The van der Waals surface area contributed by atoms with E-state index in [2.05, 4.69) is 15.7 Å². The molecule has 3 rings (SSSR count). The smallest absolute Gasteiger partial charge is 0.418 e. The van der Waals surface area contributed by atoms with E-state index in [-0.39, 0.29) is 28.6 Å². The maximum atomic E-state index is 13.2. The van der Waals surface area contributed by atoms with Gasteiger partial charge in [0.15, 0.2) is 0 Å². The topological polar surface area (TPSA) is 63.9 Å². The second-order valence-corrected chi connectivity index (χ2v) is 4.93. The number of hydrogen-bond donors (Lipinski definition) is 1. The number of aromatic nitrogens is 1. The summed E-state index contributed by atoms with van der Waals surface area (Å²) in [5, 5.41) is 9.97. The van der Waals surface area contributed by atoms with Crippen molar-refractivity contribution in [2.75, 3.05) is 7.11 Å². The molecular formula is C17H11F3N2O3. The van der Waals surface area contributed by atoms with Gasteiger partial charge >= 0.3 is 6.18 Å². The van der Waals surface area contributed by atoms with Crippen LogP contribution in [0.1, 0.15) is 16.8 Å². The van der Waals surface area contributed by atoms with E-state index in [0.717, 1.165) is 12.3 Å². The number of benzene rings is 1. The first-order chi connectivity index (χ1) is 11.9. The van der Waals surface area contributed by atoms with Crippen molar-refractivity contribution in [2.45, 2.75) is 6.18 Å². The number of rotatable bonds is 3. The summed E-state index contributed by atoms with van der Waals surface area (Å²) in [6.45, 7) is 0. The molecule has 0 aliphatic carbocycles. The fourth-order valence-electron chi connectivity index (χ4n) is 2.18. The summed E-state index contributed by atoms with van der Waals surface area (Å²) in [6, 6.07) is 6.44. The van der Waals surface area contributed by atoms with Crippen LogP contribution in [0.3, 0.4) is 0 Å². The lowest BCUT2D eigenvalue weighted by Gasteiger charge is -2.14. The monoisotopic (exact) mass is 348 g/mol. The summed E-state index contributed by atoms with van der Waals surface area (Å²) in [6.07, 6.45) is -2.30. The number of aliphatic imine (C=N–C) groups is 1. The summed E-state index contributed by atoms with van der Waals surface area (Å²) >= 11 is 0. The van der Waals surface area contributed by atoms with Gasteiger partial charge in [0.05, 0.1) is 18.2 Å². The Labute approximate surface area is 140 Å². The van der Waals surface area contributed by atoms with Crippen molar-refractivity contribution >= 4 is 11.6 Å². The van der Waals surface area contributed by atoms with Crippen LogP contribution in [0.5, 0.6) is 11.5 Å². The minimum absolute atomic E-state index is 0.0936. The molecule has 1 aliphatic rings. The number of halogens is 3. The van der Waals surface area contributed by atoms with Gasteiger partial charge in [-0.05, 0) is 30.3 Å². The highest BCUT2D eigenvalue weighted by Crippen LogP contribution is 2.35. The minimum atomic E-state index is -4.59. The summed E-state index contributed by atoms with van der Waals surface area (Å²) in [5.41, 5.74) is 1.19. The van der Waals surface area contributed by atoms with Crippen molar-refractivity contribution in [1.82, 2.24) is 4.98 Å². The number of alkyl halides is 3. The van der Waals surface area contributed by atoms with Crippen molar-refractivity contribution in [3.8, 4) is 11.5 Å². The normalized spacial score (nSPS) is 13.8. The van der Waals surface area contributed by atoms with Gasteiger partial charge in [0.25, 0.3) is 0 Å². The zero-order valence-electron chi connectivity index (χ0n) is 12.8. The van der Waals surface area contributed by atoms with E-state index in [4.69, 9.17) is 9.47 Å². The summed E-state index contributed by atoms with van der Waals surface area (Å²) in [5.74, 6) is 0.170. The highest BCUT2D eigenvalue weighted by molar-refractivity contribution is 6.01. The Hall–Kier alpha value is -3.25. The van der Waals surface area contributed by atoms with E-state index in [1.54, 1.807) is 0 Å². The number of nitrogens with zero attached hydrogens (tertiary/aromatic N) is 2. The third kappa shape index (κ3) is 3.34. The van der Waals surface area contributed by atoms with Crippen molar-refractivity contribution in [2.24, 2.45) is 4.99 Å². The van der Waals surface area contributed by atoms with Crippen LogP contribution in [0.4, 0.5) is 13.2 Å². The lowest BCUT2D eigenvalue weighted by Crippen LogP contribution is -2.12. The number of methoxy groups -OCH3 is 1. The Balaban J connectivity index is 2.08. The van der Waals surface area contributed by atoms with Crippen molar-refractivity contribution in [3.05, 3.63) is 65.3 Å². The molecule has 0 spiro atoms. The van der Waals surface area contributed by atoms with Gasteiger partial charge in [-0.1, -0.05) is 5.73 Å². The standard InChI is InChI=1S/C17H11F3N2O3/c1-24-10-4-5-14(23)11(9-10)16-22-13(6-8-25-16)15-12(17(18,19)20)3-2-7-21-15/h2-5,7-9,23H,1H3. The lowest BCUT2D eigenvalue weighted by molar-refractivity contribution is -0.138. The molecule has 5 nitrogen and oxygen atoms in total. The first-order valence-corrected chi connectivity index (χ1v) is 7.00. The molecule has 0 unspecified atom stereocenters. The first-order valence-electron chi connectivity index (χ1n) is 7.00. The molecule has 0 saturated carbocycles. The van der Waals surface area contributed by atoms with Crippen LogP contribution >= 0.6 is 0 Å². The highest BCUT2D eigenvalue weighted by Gasteiger charge is 2.35. The predicted octanol–water partition coefficient (Wildman–Crippen LogP) is 3.75. The molecule has 25 heavy (non-hydrogen) atoms. The number of phenolic OH excluding ortho intramolecular Hbond substituents is 1. The number of aromatic hydroxyl groups is 1. The Morgan fingerprint density at radius 1 is 1.24 bits per heavy atom. The molecule has 0 fully saturated rings. The number of pyridine rings is 1. The van der Waals surface area contributed by atoms with E-state index < -0.39 is 11.7 Å². The number of hydrogen-bond acceptors (Lipinski definition) is 5. The summed E-state index contributed by atoms with van der Waals surface area (Å²) < 4.78 is 49.7. The molecule has 1 aromatic carbocycles. The van der Waals surface area contributed by atoms with Gasteiger partial charge < -0.3 is 14.6 Å². The average Bonchev–Trinajstić information content (AvgIpc) is 2.61. The van der Waals surface area contributed by atoms with Gasteiger partial charge in [0.2, 0.25) is 5.90 Å². The highest BCUT2D eigenvalue weighted by atomic mass is 19.4. The number of ether oxygens (including phenoxy) is 2. The van der Waals surface area contributed by atoms with Crippen molar-refractivity contribution in [1.29, 1.82) is 0 Å². The second-order valence-electron chi connectivity index (χ2n) is 4.93. The fourth-order valence-corrected chi connectivity index (χ4v) is 2.18. The van der Waals surface area contributed by atoms with Crippen LogP contribution in [-0.4, -0.2) is 23.1 Å². The molecule has 1 N–H and O–H groups in total. The van der Waals surface area contributed by atoms with Crippen LogP contribution < -0.4 is 4.74 Å². The lowest BCUT2D eigenvalue weighted by atomic mass is 10.1. The minimum Gasteiger partial charge on any atom is -0.507 e. The molecule has 2 aromatic rings. The molecule has 2 heterocycles. The largest absolute Gasteiger partial charge is 0.507 e. The maximum Gasteiger partial charge on any atom is 0.418 e. The van der Waals surface area contributed by atoms with E-state index in [1.165, 1.54) is 37.6 Å². The van der Waals surface area contributed by atoms with E-state index >= 15 is 0 Å². The van der Waals surface area contributed by atoms with Gasteiger partial charge in [0, 0.05) is 6.20 Å². The Morgan fingerprint density at radius 2 is 2.04 bits per heavy atom. The predicted molar refractivity (Wildman–Crippen MR) is 83.0 cm³/mol. The molecule has 1 aliphatic heterocycles. The molecule has 0 atom stereocenters. The van der Waals surface area contributed by atoms with Crippen LogP contribution in [0.2, 0.25) is 0 Å². The zero-order chi connectivity index (χ0) is 18.0. The quantitative estimate of drug-likeness (QED) is 0.858. The molecule has 0 bridgehead atoms. The summed E-state index contributed by atoms with van der Waals surface area (Å²) in [7, 11) is 1.44. The van der Waals surface area contributed by atoms with Gasteiger partial charge in [0.1, 0.15) is 29.2 Å². The van der Waals surface area contributed by atoms with Gasteiger partial charge in [-0.15, -0.1) is 0 Å². The van der Waals surface area contributed by atoms with Gasteiger partial charge in [-0.3, -0.25) is 4.98 Å². The zero-order valence-corrected chi connectivity index (χ0v) is 12.8. The SMILES string of the molecule is COc1ccc(O)c(C2=NC(c3ncccc3C(F)(F)F)=C=CO2)c1. The van der Waals surface area contributed by atoms with E-state index in [0.29, 0.717) is 5.75 Å². The van der Waals surface area contributed by atoms with Crippen LogP contribution in [0.25, 0.3) is 5.70 Å². The van der Waals surface area contributed by atoms with Crippen molar-refractivity contribution < 1.29 is 27.8 Å². The van der Waals surface area contributed by atoms with Gasteiger partial charge in [-0.25, -0.2) is 4.99 Å². The van der Waals surface area contributed by atoms with Crippen molar-refractivity contribution in [3.63, 3.8) is 0 Å². The Morgan fingerprint density at radius 3 is 2.76 bits per heavy atom. The van der Waals surface area contributed by atoms with Gasteiger partial charge in [-0.2, -0.15) is 13.2 Å². The molecule has 0 amide bonds. The molecule has 0 radical (unpaired) electrons. The number of phenols is 1. The molecule has 8 heteroatoms. The molecule has 128 valence electrons. The maximum absolute atomic E-state index is 13.2. The first kappa shape index (κ1) is 16.6. The van der Waals surface area contributed by atoms with Crippen LogP contribution in [-0.2, 0) is 10.9 Å². The second kappa shape index (κ2) is 6.33. The fraction of sp³-hybridized carbons (Fsp3) is 0.118. The Bertz CT molecular complexity index is 914. The van der Waals surface area contributed by atoms with Crippen LogP contribution in [0, 0.1) is 0 Å². The third-order valence-electron chi connectivity index (χ3n) is 3.35.